The van der Waals surface area contributed by atoms with Crippen molar-refractivity contribution in [2.45, 2.75) is 77.4 Å². The molecule has 0 aromatic heterocycles. The molecule has 0 atom stereocenters. The van der Waals surface area contributed by atoms with Gasteiger partial charge in [0.25, 0.3) is 5.97 Å². The molecule has 0 aliphatic rings. The average molecular weight is 257 g/mol. The third-order valence-corrected chi connectivity index (χ3v) is 5.36. The number of hydrogen-bond acceptors (Lipinski definition) is 2. The Labute approximate surface area is 108 Å². The molecule has 0 aliphatic carbocycles. The Balaban J connectivity index is 3.35. The van der Waals surface area contributed by atoms with E-state index < -0.39 is 8.32 Å². The minimum Gasteiger partial charge on any atom is -0.520 e. The standard InChI is InChI=1S/C14H29O2Si/c1-5-6-7-8-9-10-11-12-13-17(3,4)16-14(2)15/h2,5-13H2,1,3-4H3. The van der Waals surface area contributed by atoms with E-state index in [0.29, 0.717) is 0 Å². The van der Waals surface area contributed by atoms with Gasteiger partial charge >= 0.3 is 0 Å². The molecule has 17 heavy (non-hydrogen) atoms. The summed E-state index contributed by atoms with van der Waals surface area (Å²) in [5, 5.41) is 0. The molecule has 0 heterocycles. The van der Waals surface area contributed by atoms with E-state index in [-0.39, 0.29) is 5.97 Å². The maximum absolute atomic E-state index is 10.8. The van der Waals surface area contributed by atoms with E-state index >= 15 is 0 Å². The fraction of sp³-hybridized carbons (Fsp3) is 0.857. The highest BCUT2D eigenvalue weighted by atomic mass is 28.4. The number of hydrogen-bond donors (Lipinski definition) is 0. The predicted molar refractivity (Wildman–Crippen MR) is 76.3 cm³/mol. The van der Waals surface area contributed by atoms with E-state index in [0.717, 1.165) is 6.04 Å². The highest BCUT2D eigenvalue weighted by Crippen LogP contribution is 2.17. The molecular weight excluding hydrogens is 228 g/mol. The number of rotatable bonds is 10. The van der Waals surface area contributed by atoms with Crippen molar-refractivity contribution in [1.29, 1.82) is 0 Å². The average Bonchev–Trinajstić information content (AvgIpc) is 2.20. The maximum atomic E-state index is 10.8. The zero-order chi connectivity index (χ0) is 13.1. The van der Waals surface area contributed by atoms with Crippen LogP contribution in [0.2, 0.25) is 19.1 Å². The van der Waals surface area contributed by atoms with Gasteiger partial charge in [0.1, 0.15) is 0 Å². The normalized spacial score (nSPS) is 11.5. The van der Waals surface area contributed by atoms with Crippen molar-refractivity contribution < 1.29 is 9.22 Å². The van der Waals surface area contributed by atoms with Gasteiger partial charge in [-0.1, -0.05) is 58.3 Å². The first-order chi connectivity index (χ1) is 7.98. The summed E-state index contributed by atoms with van der Waals surface area (Å²) in [6, 6.07) is 1.07. The van der Waals surface area contributed by atoms with E-state index in [1.54, 1.807) is 0 Å². The van der Waals surface area contributed by atoms with Gasteiger partial charge in [0, 0.05) is 0 Å². The van der Waals surface area contributed by atoms with Gasteiger partial charge in [-0.05, 0) is 19.1 Å². The molecule has 2 nitrogen and oxygen atoms in total. The van der Waals surface area contributed by atoms with Crippen LogP contribution in [0.1, 0.15) is 58.3 Å². The third kappa shape index (κ3) is 11.9. The SMILES string of the molecule is [CH2]C(=O)O[Si](C)(C)CCCCCCCCCC. The van der Waals surface area contributed by atoms with E-state index in [9.17, 15) is 4.79 Å². The van der Waals surface area contributed by atoms with Crippen LogP contribution >= 0.6 is 0 Å². The van der Waals surface area contributed by atoms with Crippen LogP contribution in [-0.2, 0) is 9.22 Å². The summed E-state index contributed by atoms with van der Waals surface area (Å²) in [5.41, 5.74) is 0. The monoisotopic (exact) mass is 257 g/mol. The van der Waals surface area contributed by atoms with Gasteiger partial charge < -0.3 is 4.43 Å². The number of unbranched alkanes of at least 4 members (excludes halogenated alkanes) is 7. The Morgan fingerprint density at radius 1 is 1.00 bits per heavy atom. The lowest BCUT2D eigenvalue weighted by atomic mass is 10.1. The van der Waals surface area contributed by atoms with Crippen molar-refractivity contribution in [3.63, 3.8) is 0 Å². The lowest BCUT2D eigenvalue weighted by molar-refractivity contribution is -0.130. The van der Waals surface area contributed by atoms with Crippen LogP contribution in [0.25, 0.3) is 0 Å². The van der Waals surface area contributed by atoms with Crippen LogP contribution in [0.5, 0.6) is 0 Å². The molecule has 0 rings (SSSR count). The van der Waals surface area contributed by atoms with Gasteiger partial charge in [-0.25, -0.2) is 0 Å². The molecule has 0 bridgehead atoms. The second kappa shape index (κ2) is 9.69. The van der Waals surface area contributed by atoms with Crippen molar-refractivity contribution in [3.05, 3.63) is 6.92 Å². The summed E-state index contributed by atoms with van der Waals surface area (Å²) in [6.45, 7) is 9.72. The van der Waals surface area contributed by atoms with Gasteiger partial charge in [-0.2, -0.15) is 0 Å². The molecule has 0 aromatic carbocycles. The van der Waals surface area contributed by atoms with Crippen LogP contribution in [0.3, 0.4) is 0 Å². The molecule has 101 valence electrons. The Morgan fingerprint density at radius 3 is 1.94 bits per heavy atom. The summed E-state index contributed by atoms with van der Waals surface area (Å²) >= 11 is 0. The minimum absolute atomic E-state index is 0.360. The molecule has 0 unspecified atom stereocenters. The molecule has 0 amide bonds. The highest BCUT2D eigenvalue weighted by molar-refractivity contribution is 6.72. The largest absolute Gasteiger partial charge is 0.520 e. The summed E-state index contributed by atoms with van der Waals surface area (Å²) in [4.78, 5) is 10.8. The molecule has 3 heteroatoms. The highest BCUT2D eigenvalue weighted by Gasteiger charge is 2.24. The van der Waals surface area contributed by atoms with Crippen molar-refractivity contribution in [1.82, 2.24) is 0 Å². The van der Waals surface area contributed by atoms with Gasteiger partial charge in [0.05, 0.1) is 6.92 Å². The Bertz CT molecular complexity index is 202. The molecule has 0 saturated heterocycles. The summed E-state index contributed by atoms with van der Waals surface area (Å²) < 4.78 is 5.29. The summed E-state index contributed by atoms with van der Waals surface area (Å²) in [5.74, 6) is -0.360. The van der Waals surface area contributed by atoms with E-state index in [1.807, 2.05) is 0 Å². The fourth-order valence-electron chi connectivity index (χ4n) is 2.04. The smallest absolute Gasteiger partial charge is 0.293 e. The molecule has 1 radical (unpaired) electrons. The molecule has 0 fully saturated rings. The molecule has 0 saturated carbocycles. The fourth-order valence-corrected chi connectivity index (χ4v) is 3.86. The van der Waals surface area contributed by atoms with Crippen molar-refractivity contribution in [2.75, 3.05) is 0 Å². The molecule has 0 spiro atoms. The van der Waals surface area contributed by atoms with Crippen LogP contribution < -0.4 is 0 Å². The topological polar surface area (TPSA) is 26.3 Å². The zero-order valence-corrected chi connectivity index (χ0v) is 12.9. The molecule has 0 aliphatic heterocycles. The van der Waals surface area contributed by atoms with Crippen LogP contribution in [0.15, 0.2) is 0 Å². The minimum atomic E-state index is -1.76. The number of carbonyl (C=O) groups is 1. The Morgan fingerprint density at radius 2 is 1.47 bits per heavy atom. The van der Waals surface area contributed by atoms with Crippen LogP contribution in [0.4, 0.5) is 0 Å². The van der Waals surface area contributed by atoms with E-state index in [1.165, 1.54) is 51.4 Å². The first-order valence-electron chi connectivity index (χ1n) is 7.03. The van der Waals surface area contributed by atoms with Crippen LogP contribution in [0, 0.1) is 6.92 Å². The zero-order valence-electron chi connectivity index (χ0n) is 11.9. The quantitative estimate of drug-likeness (QED) is 0.418. The second-order valence-corrected chi connectivity index (χ2v) is 9.68. The van der Waals surface area contributed by atoms with Gasteiger partial charge in [-0.3, -0.25) is 4.79 Å². The van der Waals surface area contributed by atoms with Crippen LogP contribution in [-0.4, -0.2) is 14.3 Å². The van der Waals surface area contributed by atoms with Gasteiger partial charge in [0.15, 0.2) is 0 Å². The lowest BCUT2D eigenvalue weighted by Crippen LogP contribution is -2.32. The van der Waals surface area contributed by atoms with E-state index in [2.05, 4.69) is 26.9 Å². The lowest BCUT2D eigenvalue weighted by Gasteiger charge is -2.21. The van der Waals surface area contributed by atoms with E-state index in [4.69, 9.17) is 4.43 Å². The summed E-state index contributed by atoms with van der Waals surface area (Å²) in [7, 11) is -1.76. The van der Waals surface area contributed by atoms with Crippen molar-refractivity contribution >= 4 is 14.3 Å². The third-order valence-electron chi connectivity index (χ3n) is 3.02. The van der Waals surface area contributed by atoms with Gasteiger partial charge in [-0.15, -0.1) is 0 Å². The first kappa shape index (κ1) is 16.7. The predicted octanol–water partition coefficient (Wildman–Crippen LogP) is 4.71. The van der Waals surface area contributed by atoms with Gasteiger partial charge in [0.2, 0.25) is 8.32 Å². The second-order valence-electron chi connectivity index (χ2n) is 5.46. The maximum Gasteiger partial charge on any atom is 0.293 e. The molecular formula is C14H29O2Si. The van der Waals surface area contributed by atoms with Crippen molar-refractivity contribution in [2.24, 2.45) is 0 Å². The Hall–Kier alpha value is -0.313. The van der Waals surface area contributed by atoms with Crippen molar-refractivity contribution in [3.8, 4) is 0 Å². The first-order valence-corrected chi connectivity index (χ1v) is 10.1. The summed E-state index contributed by atoms with van der Waals surface area (Å²) in [6.07, 6.45) is 10.6. The number of carbonyl (C=O) groups excluding carboxylic acids is 1. The Kier molecular flexibility index (Phi) is 9.51. The molecule has 0 N–H and O–H groups in total. The molecule has 0 aromatic rings.